The van der Waals surface area contributed by atoms with Crippen molar-refractivity contribution in [1.29, 1.82) is 0 Å². The van der Waals surface area contributed by atoms with Crippen LogP contribution in [0.4, 0.5) is 4.79 Å². The van der Waals surface area contributed by atoms with Crippen LogP contribution in [0.3, 0.4) is 0 Å². The molecule has 1 aromatic heterocycles. The van der Waals surface area contributed by atoms with Crippen LogP contribution in [0.5, 0.6) is 0 Å². The van der Waals surface area contributed by atoms with E-state index in [0.29, 0.717) is 5.89 Å². The van der Waals surface area contributed by atoms with E-state index in [0.717, 1.165) is 21.6 Å². The Morgan fingerprint density at radius 1 is 1.04 bits per heavy atom. The third-order valence-electron chi connectivity index (χ3n) is 4.68. The lowest BCUT2D eigenvalue weighted by Gasteiger charge is -2.22. The fourth-order valence-corrected chi connectivity index (χ4v) is 3.07. The number of hydrogen-bond acceptors (Lipinski definition) is 5. The molecule has 1 aliphatic rings. The first kappa shape index (κ1) is 17.0. The topological polar surface area (TPSA) is 88.3 Å². The summed E-state index contributed by atoms with van der Waals surface area (Å²) in [5, 5.41) is 10.7. The molecule has 2 aromatic carbocycles. The first-order valence-corrected chi connectivity index (χ1v) is 8.56. The van der Waals surface area contributed by atoms with Crippen molar-refractivity contribution in [2.45, 2.75) is 25.9 Å². The summed E-state index contributed by atoms with van der Waals surface area (Å²) < 4.78 is 5.62. The zero-order chi connectivity index (χ0) is 19.0. The van der Waals surface area contributed by atoms with E-state index in [1.807, 2.05) is 61.5 Å². The molecule has 4 rings (SSSR count). The number of aryl methyl sites for hydroxylation is 1. The van der Waals surface area contributed by atoms with E-state index < -0.39 is 11.6 Å². The fraction of sp³-hybridized carbons (Fsp3) is 0.200. The molecule has 7 nitrogen and oxygen atoms in total. The molecule has 0 spiro atoms. The smallest absolute Gasteiger partial charge is 0.325 e. The predicted molar refractivity (Wildman–Crippen MR) is 97.3 cm³/mol. The summed E-state index contributed by atoms with van der Waals surface area (Å²) in [5.74, 6) is 0.195. The highest BCUT2D eigenvalue weighted by Gasteiger charge is 2.49. The molecule has 1 N–H and O–H groups in total. The van der Waals surface area contributed by atoms with Gasteiger partial charge in [0.15, 0.2) is 0 Å². The monoisotopic (exact) mass is 362 g/mol. The maximum absolute atomic E-state index is 13.0. The summed E-state index contributed by atoms with van der Waals surface area (Å²) in [6.07, 6.45) is 0. The molecule has 1 saturated heterocycles. The van der Waals surface area contributed by atoms with Crippen LogP contribution in [0, 0.1) is 6.92 Å². The Morgan fingerprint density at radius 3 is 2.44 bits per heavy atom. The molecule has 1 atom stereocenters. The molecule has 136 valence electrons. The molecule has 1 aliphatic heterocycles. The lowest BCUT2D eigenvalue weighted by molar-refractivity contribution is -0.131. The first-order valence-electron chi connectivity index (χ1n) is 8.56. The molecular formula is C20H18N4O3. The highest BCUT2D eigenvalue weighted by atomic mass is 16.4. The summed E-state index contributed by atoms with van der Waals surface area (Å²) in [7, 11) is 0. The van der Waals surface area contributed by atoms with Crippen molar-refractivity contribution in [3.8, 4) is 11.5 Å². The van der Waals surface area contributed by atoms with Crippen molar-refractivity contribution in [2.24, 2.45) is 0 Å². The van der Waals surface area contributed by atoms with Crippen LogP contribution in [0.25, 0.3) is 11.5 Å². The van der Waals surface area contributed by atoms with Crippen LogP contribution in [0.2, 0.25) is 0 Å². The Kier molecular flexibility index (Phi) is 3.99. The van der Waals surface area contributed by atoms with Crippen molar-refractivity contribution >= 4 is 11.9 Å². The van der Waals surface area contributed by atoms with Gasteiger partial charge in [0, 0.05) is 5.56 Å². The van der Waals surface area contributed by atoms with E-state index in [-0.39, 0.29) is 18.3 Å². The van der Waals surface area contributed by atoms with E-state index in [1.165, 1.54) is 0 Å². The maximum atomic E-state index is 13.0. The number of urea groups is 1. The van der Waals surface area contributed by atoms with Gasteiger partial charge in [-0.1, -0.05) is 48.0 Å². The summed E-state index contributed by atoms with van der Waals surface area (Å²) in [5.41, 5.74) is 1.46. The first-order chi connectivity index (χ1) is 13.0. The van der Waals surface area contributed by atoms with Gasteiger partial charge in [0.05, 0.1) is 0 Å². The van der Waals surface area contributed by atoms with Crippen LogP contribution in [0.1, 0.15) is 23.9 Å². The minimum atomic E-state index is -1.12. The molecule has 0 unspecified atom stereocenters. The summed E-state index contributed by atoms with van der Waals surface area (Å²) >= 11 is 0. The van der Waals surface area contributed by atoms with Gasteiger partial charge in [-0.05, 0) is 31.5 Å². The van der Waals surface area contributed by atoms with Crippen LogP contribution in [-0.2, 0) is 16.9 Å². The number of imide groups is 1. The third-order valence-corrected chi connectivity index (χ3v) is 4.68. The summed E-state index contributed by atoms with van der Waals surface area (Å²) in [6.45, 7) is 3.58. The van der Waals surface area contributed by atoms with Gasteiger partial charge in [-0.25, -0.2) is 4.79 Å². The Hall–Kier alpha value is -3.48. The number of nitrogens with zero attached hydrogens (tertiary/aromatic N) is 3. The molecule has 27 heavy (non-hydrogen) atoms. The van der Waals surface area contributed by atoms with Gasteiger partial charge < -0.3 is 9.73 Å². The SMILES string of the molecule is Cc1ccc([C@@]2(C)NC(=O)N(Cc3nnc(-c4ccccc4)o3)C2=O)cc1. The number of carbonyl (C=O) groups excluding carboxylic acids is 2. The molecule has 1 fully saturated rings. The molecular weight excluding hydrogens is 344 g/mol. The number of hydrogen-bond donors (Lipinski definition) is 1. The van der Waals surface area contributed by atoms with Crippen molar-refractivity contribution in [3.05, 3.63) is 71.6 Å². The average molecular weight is 362 g/mol. The number of benzene rings is 2. The average Bonchev–Trinajstić information content (AvgIpc) is 3.22. The fourth-order valence-electron chi connectivity index (χ4n) is 3.07. The van der Waals surface area contributed by atoms with E-state index in [9.17, 15) is 9.59 Å². The lowest BCUT2D eigenvalue weighted by atomic mass is 9.91. The van der Waals surface area contributed by atoms with E-state index >= 15 is 0 Å². The molecule has 0 radical (unpaired) electrons. The molecule has 3 aromatic rings. The quantitative estimate of drug-likeness (QED) is 0.721. The van der Waals surface area contributed by atoms with Crippen molar-refractivity contribution in [2.75, 3.05) is 0 Å². The van der Waals surface area contributed by atoms with Crippen LogP contribution >= 0.6 is 0 Å². The van der Waals surface area contributed by atoms with Crippen molar-refractivity contribution < 1.29 is 14.0 Å². The second kappa shape index (κ2) is 6.35. The minimum Gasteiger partial charge on any atom is -0.419 e. The Morgan fingerprint density at radius 2 is 1.74 bits per heavy atom. The van der Waals surface area contributed by atoms with E-state index in [4.69, 9.17) is 4.42 Å². The molecule has 2 heterocycles. The molecule has 7 heteroatoms. The number of amides is 3. The minimum absolute atomic E-state index is 0.0774. The number of rotatable bonds is 4. The standard InChI is InChI=1S/C20H18N4O3/c1-13-8-10-15(11-9-13)20(2)18(25)24(19(26)21-20)12-16-22-23-17(27-16)14-6-4-3-5-7-14/h3-11H,12H2,1-2H3,(H,21,26)/t20-/m1/s1. The van der Waals surface area contributed by atoms with Crippen LogP contribution in [0.15, 0.2) is 59.0 Å². The normalized spacial score (nSPS) is 19.4. The lowest BCUT2D eigenvalue weighted by Crippen LogP contribution is -2.40. The zero-order valence-electron chi connectivity index (χ0n) is 15.0. The van der Waals surface area contributed by atoms with Crippen molar-refractivity contribution in [3.63, 3.8) is 0 Å². The summed E-state index contributed by atoms with van der Waals surface area (Å²) in [6, 6.07) is 16.3. The number of carbonyl (C=O) groups is 2. The zero-order valence-corrected chi connectivity index (χ0v) is 15.0. The van der Waals surface area contributed by atoms with Gasteiger partial charge >= 0.3 is 6.03 Å². The highest BCUT2D eigenvalue weighted by molar-refractivity contribution is 6.07. The van der Waals surface area contributed by atoms with Crippen molar-refractivity contribution in [1.82, 2.24) is 20.4 Å². The van der Waals surface area contributed by atoms with Gasteiger partial charge in [0.1, 0.15) is 12.1 Å². The highest BCUT2D eigenvalue weighted by Crippen LogP contribution is 2.30. The van der Waals surface area contributed by atoms with Gasteiger partial charge in [0.25, 0.3) is 5.91 Å². The molecule has 0 saturated carbocycles. The second-order valence-electron chi connectivity index (χ2n) is 6.68. The van der Waals surface area contributed by atoms with E-state index in [2.05, 4.69) is 15.5 Å². The van der Waals surface area contributed by atoms with Gasteiger partial charge in [-0.3, -0.25) is 9.69 Å². The molecule has 3 amide bonds. The molecule has 0 bridgehead atoms. The van der Waals surface area contributed by atoms with Crippen LogP contribution in [-0.4, -0.2) is 27.0 Å². The Bertz CT molecular complexity index is 998. The predicted octanol–water partition coefficient (Wildman–Crippen LogP) is 3.01. The summed E-state index contributed by atoms with van der Waals surface area (Å²) in [4.78, 5) is 26.5. The second-order valence-corrected chi connectivity index (χ2v) is 6.68. The Labute approximate surface area is 156 Å². The van der Waals surface area contributed by atoms with Crippen LogP contribution < -0.4 is 5.32 Å². The number of aromatic nitrogens is 2. The Balaban J connectivity index is 1.56. The third kappa shape index (κ3) is 2.97. The molecule has 0 aliphatic carbocycles. The van der Waals surface area contributed by atoms with Gasteiger partial charge in [-0.2, -0.15) is 0 Å². The maximum Gasteiger partial charge on any atom is 0.325 e. The largest absolute Gasteiger partial charge is 0.419 e. The van der Waals surface area contributed by atoms with Gasteiger partial charge in [0.2, 0.25) is 11.8 Å². The number of nitrogens with one attached hydrogen (secondary N) is 1. The van der Waals surface area contributed by atoms with E-state index in [1.54, 1.807) is 6.92 Å². The van der Waals surface area contributed by atoms with Gasteiger partial charge in [-0.15, -0.1) is 10.2 Å².